The Kier molecular flexibility index (Phi) is 12.4. The number of rotatable bonds is 9. The molecule has 0 spiro atoms. The van der Waals surface area contributed by atoms with E-state index in [4.69, 9.17) is 4.74 Å². The Balaban J connectivity index is 0.000000154. The second-order valence-electron chi connectivity index (χ2n) is 18.0. The van der Waals surface area contributed by atoms with E-state index in [1.54, 1.807) is 0 Å². The summed E-state index contributed by atoms with van der Waals surface area (Å²) in [6, 6.07) is 34.9. The van der Waals surface area contributed by atoms with Gasteiger partial charge in [-0.1, -0.05) is 48.5 Å². The maximum atomic E-state index is 12.7. The SMILES string of the molecule is O=C(c1ccccc1)N1CCC(CN2CCc3cc(-c4cn[nH]c4)ccc32)CC1.O=C(c1ccccc1)N1CCC(Cn2ccc3cc(-c4cnn(C5CCCCO5)c4)ccc32)CC1. The molecule has 1 unspecified atom stereocenters. The van der Waals surface area contributed by atoms with Crippen LogP contribution in [0.15, 0.2) is 134 Å². The second-order valence-corrected chi connectivity index (χ2v) is 18.0. The molecular weight excluding hydrogens is 797 g/mol. The molecule has 11 rings (SSSR count). The standard InChI is InChI=1S/C29H32N4O2.C24H26N4O/c34-29(23-6-2-1-3-7-23)31-14-11-22(12-15-31)20-32-16-13-25-18-24(9-10-27(25)32)26-19-30-33(21-26)28-8-4-5-17-35-28;29-24(19-4-2-1-3-5-19)27-11-8-18(9-12-27)17-28-13-10-21-14-20(6-7-23(21)28)22-15-25-26-16-22/h1-3,6-7,9-10,13,16,18-19,21-22,28H,4-5,8,11-12,14-15,17,20H2;1-7,14-16,18H,8-13,17H2,(H,25,26). The van der Waals surface area contributed by atoms with Gasteiger partial charge in [0.2, 0.25) is 0 Å². The van der Waals surface area contributed by atoms with Crippen molar-refractivity contribution < 1.29 is 14.3 Å². The van der Waals surface area contributed by atoms with E-state index in [9.17, 15) is 9.59 Å². The van der Waals surface area contributed by atoms with Gasteiger partial charge in [-0.05, 0) is 134 Å². The van der Waals surface area contributed by atoms with Crippen molar-refractivity contribution >= 4 is 28.4 Å². The van der Waals surface area contributed by atoms with E-state index in [2.05, 4.69) is 79.6 Å². The van der Waals surface area contributed by atoms with Crippen LogP contribution in [0.3, 0.4) is 0 Å². The molecule has 4 aliphatic heterocycles. The van der Waals surface area contributed by atoms with Crippen LogP contribution in [-0.4, -0.2) is 92.0 Å². The number of anilines is 1. The number of H-pyrrole nitrogens is 1. The molecule has 7 heterocycles. The number of nitrogens with one attached hydrogen (secondary N) is 1. The van der Waals surface area contributed by atoms with Gasteiger partial charge in [0.15, 0.2) is 0 Å². The summed E-state index contributed by atoms with van der Waals surface area (Å²) in [5.41, 5.74) is 10.3. The Morgan fingerprint density at radius 2 is 1.33 bits per heavy atom. The first-order chi connectivity index (χ1) is 31.5. The lowest BCUT2D eigenvalue weighted by molar-refractivity contribution is -0.0394. The predicted octanol–water partition coefficient (Wildman–Crippen LogP) is 9.75. The molecule has 0 bridgehead atoms. The number of piperidine rings is 2. The average Bonchev–Trinajstić information content (AvgIpc) is 4.21. The number of aromatic nitrogens is 5. The fraction of sp³-hybridized carbons (Fsp3) is 0.358. The molecule has 0 radical (unpaired) electrons. The van der Waals surface area contributed by atoms with Gasteiger partial charge in [-0.15, -0.1) is 0 Å². The zero-order chi connectivity index (χ0) is 43.2. The summed E-state index contributed by atoms with van der Waals surface area (Å²) in [7, 11) is 0. The Morgan fingerprint density at radius 3 is 1.98 bits per heavy atom. The van der Waals surface area contributed by atoms with Crippen molar-refractivity contribution in [3.05, 3.63) is 151 Å². The van der Waals surface area contributed by atoms with Crippen molar-refractivity contribution in [1.82, 2.24) is 34.3 Å². The van der Waals surface area contributed by atoms with E-state index in [1.165, 1.54) is 39.7 Å². The van der Waals surface area contributed by atoms with Crippen molar-refractivity contribution in [2.75, 3.05) is 50.8 Å². The molecule has 4 aliphatic rings. The molecule has 0 saturated carbocycles. The highest BCUT2D eigenvalue weighted by atomic mass is 16.5. The van der Waals surface area contributed by atoms with Crippen molar-refractivity contribution in [3.8, 4) is 22.3 Å². The zero-order valence-corrected chi connectivity index (χ0v) is 36.6. The number of fused-ring (bicyclic) bond motifs is 2. The van der Waals surface area contributed by atoms with Crippen LogP contribution in [0.5, 0.6) is 0 Å². The largest absolute Gasteiger partial charge is 0.371 e. The first-order valence-electron chi connectivity index (χ1n) is 23.3. The molecule has 7 aromatic rings. The summed E-state index contributed by atoms with van der Waals surface area (Å²) >= 11 is 0. The third kappa shape index (κ3) is 9.26. The lowest BCUT2D eigenvalue weighted by atomic mass is 9.95. The van der Waals surface area contributed by atoms with E-state index < -0.39 is 0 Å². The van der Waals surface area contributed by atoms with E-state index in [0.29, 0.717) is 11.8 Å². The quantitative estimate of drug-likeness (QED) is 0.155. The average molecular weight is 855 g/mol. The third-order valence-corrected chi connectivity index (χ3v) is 13.8. The minimum Gasteiger partial charge on any atom is -0.371 e. The highest BCUT2D eigenvalue weighted by Gasteiger charge is 2.28. The highest BCUT2D eigenvalue weighted by molar-refractivity contribution is 5.94. The smallest absolute Gasteiger partial charge is 0.253 e. The summed E-state index contributed by atoms with van der Waals surface area (Å²) in [4.78, 5) is 32.0. The Morgan fingerprint density at radius 1 is 0.656 bits per heavy atom. The van der Waals surface area contributed by atoms with Crippen LogP contribution in [0, 0.1) is 11.8 Å². The molecule has 328 valence electrons. The number of aromatic amines is 1. The number of amides is 2. The molecule has 3 fully saturated rings. The number of benzene rings is 4. The highest BCUT2D eigenvalue weighted by Crippen LogP contribution is 2.34. The van der Waals surface area contributed by atoms with Gasteiger partial charge in [0.1, 0.15) is 6.23 Å². The molecule has 11 heteroatoms. The molecule has 3 saturated heterocycles. The topological polar surface area (TPSA) is 105 Å². The van der Waals surface area contributed by atoms with E-state index in [-0.39, 0.29) is 18.0 Å². The number of nitrogens with zero attached hydrogens (tertiary/aromatic N) is 7. The van der Waals surface area contributed by atoms with Crippen molar-refractivity contribution in [1.29, 1.82) is 0 Å². The third-order valence-electron chi connectivity index (χ3n) is 13.8. The minimum absolute atomic E-state index is 0.0664. The zero-order valence-electron chi connectivity index (χ0n) is 36.6. The molecule has 4 aromatic carbocycles. The Bertz CT molecular complexity index is 2630. The van der Waals surface area contributed by atoms with Gasteiger partial charge in [-0.2, -0.15) is 10.2 Å². The van der Waals surface area contributed by atoms with E-state index in [0.717, 1.165) is 120 Å². The molecule has 3 aromatic heterocycles. The molecular formula is C53H58N8O3. The van der Waals surface area contributed by atoms with Crippen LogP contribution in [0.25, 0.3) is 33.2 Å². The Hall–Kier alpha value is -6.46. The second kappa shape index (κ2) is 19.1. The fourth-order valence-corrected chi connectivity index (χ4v) is 10.1. The summed E-state index contributed by atoms with van der Waals surface area (Å²) < 4.78 is 10.2. The Labute approximate surface area is 375 Å². The van der Waals surface area contributed by atoms with Gasteiger partial charge in [0.05, 0.1) is 12.4 Å². The number of likely N-dealkylation sites (tertiary alicyclic amines) is 2. The lowest BCUT2D eigenvalue weighted by Gasteiger charge is -2.34. The maximum Gasteiger partial charge on any atom is 0.253 e. The summed E-state index contributed by atoms with van der Waals surface area (Å²) in [5, 5.41) is 12.8. The number of hydrogen-bond acceptors (Lipinski definition) is 6. The van der Waals surface area contributed by atoms with Crippen LogP contribution in [0.1, 0.15) is 77.5 Å². The van der Waals surface area contributed by atoms with Gasteiger partial charge in [-0.25, -0.2) is 4.68 Å². The van der Waals surface area contributed by atoms with Gasteiger partial charge >= 0.3 is 0 Å². The van der Waals surface area contributed by atoms with Crippen molar-refractivity contribution in [3.63, 3.8) is 0 Å². The molecule has 1 N–H and O–H groups in total. The van der Waals surface area contributed by atoms with Gasteiger partial charge < -0.3 is 24.0 Å². The fourth-order valence-electron chi connectivity index (χ4n) is 10.1. The van der Waals surface area contributed by atoms with Crippen molar-refractivity contribution in [2.45, 2.75) is 64.1 Å². The lowest BCUT2D eigenvalue weighted by Crippen LogP contribution is -2.41. The normalized spacial score (nSPS) is 18.2. The summed E-state index contributed by atoms with van der Waals surface area (Å²) in [5.74, 6) is 1.55. The summed E-state index contributed by atoms with van der Waals surface area (Å²) in [6.07, 6.45) is 18.9. The van der Waals surface area contributed by atoms with Gasteiger partial charge in [0, 0.05) is 110 Å². The monoisotopic (exact) mass is 854 g/mol. The summed E-state index contributed by atoms with van der Waals surface area (Å²) in [6.45, 7) is 7.37. The molecule has 1 atom stereocenters. The predicted molar refractivity (Wildman–Crippen MR) is 252 cm³/mol. The van der Waals surface area contributed by atoms with Crippen LogP contribution in [0.2, 0.25) is 0 Å². The number of carbonyl (C=O) groups is 2. The van der Waals surface area contributed by atoms with Gasteiger partial charge in [0.25, 0.3) is 11.8 Å². The maximum absolute atomic E-state index is 12.7. The first kappa shape index (κ1) is 41.5. The number of hydrogen-bond donors (Lipinski definition) is 1. The molecule has 0 aliphatic carbocycles. The first-order valence-corrected chi connectivity index (χ1v) is 23.3. The minimum atomic E-state index is 0.0664. The van der Waals surface area contributed by atoms with E-state index >= 15 is 0 Å². The van der Waals surface area contributed by atoms with E-state index in [1.807, 2.05) is 93.7 Å². The van der Waals surface area contributed by atoms with Crippen LogP contribution >= 0.6 is 0 Å². The number of ether oxygens (including phenoxy) is 1. The van der Waals surface area contributed by atoms with Crippen LogP contribution in [0.4, 0.5) is 5.69 Å². The van der Waals surface area contributed by atoms with Crippen LogP contribution in [-0.2, 0) is 17.7 Å². The molecule has 2 amide bonds. The van der Waals surface area contributed by atoms with Gasteiger partial charge in [-0.3, -0.25) is 14.7 Å². The number of carbonyl (C=O) groups excluding carboxylic acids is 2. The molecule has 11 nitrogen and oxygen atoms in total. The van der Waals surface area contributed by atoms with Crippen molar-refractivity contribution in [2.24, 2.45) is 11.8 Å². The van der Waals surface area contributed by atoms with Crippen LogP contribution < -0.4 is 4.90 Å². The molecule has 64 heavy (non-hydrogen) atoms.